The zero-order chi connectivity index (χ0) is 16.4. The molecule has 23 heavy (non-hydrogen) atoms. The van der Waals surface area contributed by atoms with Crippen molar-refractivity contribution in [3.63, 3.8) is 0 Å². The van der Waals surface area contributed by atoms with Gasteiger partial charge in [0.15, 0.2) is 0 Å². The van der Waals surface area contributed by atoms with Crippen molar-refractivity contribution in [2.75, 3.05) is 19.7 Å². The summed E-state index contributed by atoms with van der Waals surface area (Å²) < 4.78 is 29.3. The van der Waals surface area contributed by atoms with Gasteiger partial charge in [-0.05, 0) is 24.3 Å². The van der Waals surface area contributed by atoms with Crippen LogP contribution in [0.1, 0.15) is 22.5 Å². The van der Waals surface area contributed by atoms with Gasteiger partial charge in [-0.2, -0.15) is 0 Å². The molecule has 1 aromatic rings. The Morgan fingerprint density at radius 1 is 1.57 bits per heavy atom. The Bertz CT molecular complexity index is 761. The number of aliphatic hydroxyl groups is 1. The fourth-order valence-electron chi connectivity index (χ4n) is 4.41. The van der Waals surface area contributed by atoms with E-state index in [2.05, 4.69) is 0 Å². The van der Waals surface area contributed by atoms with Crippen molar-refractivity contribution in [2.24, 2.45) is 17.0 Å². The smallest absolute Gasteiger partial charge is 0.265 e. The highest BCUT2D eigenvalue weighted by molar-refractivity contribution is 7.89. The number of hydrogen-bond donors (Lipinski definition) is 2. The van der Waals surface area contributed by atoms with Crippen LogP contribution in [0.25, 0.3) is 0 Å². The molecule has 9 heteroatoms. The zero-order valence-corrected chi connectivity index (χ0v) is 14.0. The molecule has 0 radical (unpaired) electrons. The summed E-state index contributed by atoms with van der Waals surface area (Å²) in [7, 11) is -3.92. The monoisotopic (exact) mass is 358 g/mol. The quantitative estimate of drug-likeness (QED) is 0.791. The van der Waals surface area contributed by atoms with Crippen LogP contribution in [0.2, 0.25) is 0 Å². The number of nitrogens with zero attached hydrogens (tertiary/aromatic N) is 1. The largest absolute Gasteiger partial charge is 0.396 e. The Balaban J connectivity index is 1.62. The maximum Gasteiger partial charge on any atom is 0.265 e. The number of nitrogens with two attached hydrogens (primary N) is 1. The molecule has 1 spiro atoms. The molecule has 0 saturated carbocycles. The van der Waals surface area contributed by atoms with Crippen molar-refractivity contribution >= 4 is 27.3 Å². The number of likely N-dealkylation sites (tertiary alicyclic amines) is 1. The first-order valence-electron chi connectivity index (χ1n) is 7.54. The third kappa shape index (κ3) is 2.18. The molecule has 4 atom stereocenters. The van der Waals surface area contributed by atoms with E-state index < -0.39 is 10.0 Å². The molecule has 126 valence electrons. The third-order valence-electron chi connectivity index (χ3n) is 5.41. The van der Waals surface area contributed by atoms with Gasteiger partial charge >= 0.3 is 0 Å². The maximum atomic E-state index is 12.8. The summed E-state index contributed by atoms with van der Waals surface area (Å²) in [6, 6.07) is 1.36. The van der Waals surface area contributed by atoms with Gasteiger partial charge < -0.3 is 14.7 Å². The molecule has 3 saturated heterocycles. The van der Waals surface area contributed by atoms with E-state index >= 15 is 0 Å². The normalized spacial score (nSPS) is 35.7. The van der Waals surface area contributed by atoms with Crippen LogP contribution >= 0.6 is 11.3 Å². The number of sulfonamides is 1. The van der Waals surface area contributed by atoms with Gasteiger partial charge in [0.2, 0.25) is 10.0 Å². The topological polar surface area (TPSA) is 110 Å². The highest BCUT2D eigenvalue weighted by Gasteiger charge is 2.63. The van der Waals surface area contributed by atoms with Gasteiger partial charge in [-0.25, -0.2) is 13.6 Å². The number of fused-ring (bicyclic) bond motifs is 1. The number of ether oxygens (including phenoxy) is 1. The van der Waals surface area contributed by atoms with Crippen LogP contribution in [0.15, 0.2) is 16.3 Å². The molecular formula is C14H18N2O5S2. The van der Waals surface area contributed by atoms with Gasteiger partial charge in [-0.3, -0.25) is 4.79 Å². The van der Waals surface area contributed by atoms with Crippen LogP contribution in [0.5, 0.6) is 0 Å². The van der Waals surface area contributed by atoms with Gasteiger partial charge in [0.1, 0.15) is 9.77 Å². The number of thiophene rings is 1. The molecule has 3 aliphatic rings. The molecule has 2 bridgehead atoms. The lowest BCUT2D eigenvalue weighted by atomic mass is 9.74. The molecule has 0 unspecified atom stereocenters. The van der Waals surface area contributed by atoms with E-state index in [9.17, 15) is 18.3 Å². The van der Waals surface area contributed by atoms with Crippen LogP contribution in [0, 0.1) is 11.8 Å². The van der Waals surface area contributed by atoms with Gasteiger partial charge in [0, 0.05) is 25.0 Å². The Kier molecular flexibility index (Phi) is 3.37. The number of carbonyl (C=O) groups is 1. The summed E-state index contributed by atoms with van der Waals surface area (Å²) >= 11 is 1.08. The number of primary sulfonamides is 1. The molecule has 7 nitrogen and oxygen atoms in total. The van der Waals surface area contributed by atoms with E-state index in [1.165, 1.54) is 6.07 Å². The molecule has 0 aliphatic carbocycles. The van der Waals surface area contributed by atoms with Crippen LogP contribution in [0.4, 0.5) is 0 Å². The fraction of sp³-hybridized carbons (Fsp3) is 0.643. The van der Waals surface area contributed by atoms with Crippen LogP contribution in [-0.4, -0.2) is 55.7 Å². The molecule has 3 fully saturated rings. The summed E-state index contributed by atoms with van der Waals surface area (Å²) in [4.78, 5) is 14.5. The number of rotatable bonds is 3. The highest BCUT2D eigenvalue weighted by Crippen LogP contribution is 2.54. The molecule has 0 aromatic carbocycles. The van der Waals surface area contributed by atoms with E-state index in [4.69, 9.17) is 9.88 Å². The van der Waals surface area contributed by atoms with Gasteiger partial charge in [0.25, 0.3) is 5.91 Å². The van der Waals surface area contributed by atoms with Crippen LogP contribution in [-0.2, 0) is 14.8 Å². The van der Waals surface area contributed by atoms with Crippen molar-refractivity contribution in [1.82, 2.24) is 4.90 Å². The maximum absolute atomic E-state index is 12.8. The summed E-state index contributed by atoms with van der Waals surface area (Å²) in [5, 5.41) is 16.4. The number of aliphatic hydroxyl groups excluding tert-OH is 1. The molecule has 3 aliphatic heterocycles. The number of carbonyl (C=O) groups excluding carboxylic acids is 1. The molecule has 1 amide bonds. The Hall–Kier alpha value is -1.00. The van der Waals surface area contributed by atoms with Crippen molar-refractivity contribution in [3.8, 4) is 0 Å². The van der Waals surface area contributed by atoms with E-state index in [0.717, 1.165) is 24.2 Å². The summed E-state index contributed by atoms with van der Waals surface area (Å²) in [6.07, 6.45) is 1.88. The fourth-order valence-corrected chi connectivity index (χ4v) is 6.35. The lowest BCUT2D eigenvalue weighted by Gasteiger charge is -2.27. The Morgan fingerprint density at radius 3 is 3.04 bits per heavy atom. The van der Waals surface area contributed by atoms with Gasteiger partial charge in [0.05, 0.1) is 18.2 Å². The second kappa shape index (κ2) is 5.00. The van der Waals surface area contributed by atoms with E-state index in [1.807, 2.05) is 0 Å². The van der Waals surface area contributed by atoms with E-state index in [0.29, 0.717) is 13.1 Å². The van der Waals surface area contributed by atoms with Crippen molar-refractivity contribution in [1.29, 1.82) is 0 Å². The van der Waals surface area contributed by atoms with Gasteiger partial charge in [-0.1, -0.05) is 0 Å². The second-order valence-electron chi connectivity index (χ2n) is 6.56. The molecule has 3 N–H and O–H groups in total. The lowest BCUT2D eigenvalue weighted by molar-refractivity contribution is 0.00156. The van der Waals surface area contributed by atoms with Gasteiger partial charge in [-0.15, -0.1) is 11.3 Å². The van der Waals surface area contributed by atoms with E-state index in [-0.39, 0.29) is 45.8 Å². The first kappa shape index (κ1) is 15.5. The minimum Gasteiger partial charge on any atom is -0.396 e. The first-order chi connectivity index (χ1) is 10.9. The number of amides is 1. The minimum absolute atomic E-state index is 0.0561. The zero-order valence-electron chi connectivity index (χ0n) is 12.3. The van der Waals surface area contributed by atoms with Crippen molar-refractivity contribution in [2.45, 2.75) is 29.4 Å². The summed E-state index contributed by atoms with van der Waals surface area (Å²) in [5.41, 5.74) is -0.368. The highest BCUT2D eigenvalue weighted by atomic mass is 32.2. The predicted molar refractivity (Wildman–Crippen MR) is 82.5 cm³/mol. The molecule has 4 rings (SSSR count). The van der Waals surface area contributed by atoms with Crippen molar-refractivity contribution in [3.05, 3.63) is 16.3 Å². The third-order valence-corrected chi connectivity index (χ3v) is 7.40. The lowest BCUT2D eigenvalue weighted by Crippen LogP contribution is -2.38. The second-order valence-corrected chi connectivity index (χ2v) is 9.00. The standard InChI is InChI=1S/C14H18N2O5S2/c15-23(19,20)11-2-4-22-12(11)13(18)16-5-9-8(6-17)10-1-3-14(9,7-16)21-10/h2,4,8-10,17H,1,3,5-7H2,(H2,15,19,20)/t8-,9+,10+,14+/m1/s1. The Labute approximate surface area is 138 Å². The summed E-state index contributed by atoms with van der Waals surface area (Å²) in [5.74, 6) is -0.146. The Morgan fingerprint density at radius 2 is 2.35 bits per heavy atom. The predicted octanol–water partition coefficient (Wildman–Crippen LogP) is 0.00740. The summed E-state index contributed by atoms with van der Waals surface area (Å²) in [6.45, 7) is 0.995. The molecular weight excluding hydrogens is 340 g/mol. The van der Waals surface area contributed by atoms with Crippen molar-refractivity contribution < 1.29 is 23.1 Å². The van der Waals surface area contributed by atoms with Crippen LogP contribution < -0.4 is 5.14 Å². The van der Waals surface area contributed by atoms with E-state index in [1.54, 1.807) is 10.3 Å². The van der Waals surface area contributed by atoms with Crippen LogP contribution in [0.3, 0.4) is 0 Å². The average Bonchev–Trinajstić information content (AvgIpc) is 3.22. The molecule has 4 heterocycles. The first-order valence-corrected chi connectivity index (χ1v) is 9.96. The number of hydrogen-bond acceptors (Lipinski definition) is 6. The molecule has 1 aromatic heterocycles. The SMILES string of the molecule is NS(=O)(=O)c1ccsc1C(=O)N1C[C@H]2[C@@H](CO)[C@@H]3CC[C@@]2(C1)O3. The minimum atomic E-state index is -3.92. The average molecular weight is 358 g/mol.